The maximum absolute atomic E-state index is 12.8. The third kappa shape index (κ3) is 3.18. The molecule has 1 amide bonds. The van der Waals surface area contributed by atoms with E-state index in [9.17, 15) is 14.9 Å². The highest BCUT2D eigenvalue weighted by atomic mass is 35.5. The van der Waals surface area contributed by atoms with Gasteiger partial charge in [-0.15, -0.1) is 0 Å². The molecule has 2 heterocycles. The van der Waals surface area contributed by atoms with Crippen LogP contribution in [0.25, 0.3) is 5.65 Å². The summed E-state index contributed by atoms with van der Waals surface area (Å²) in [5.74, 6) is -0.370. The Morgan fingerprint density at radius 3 is 2.76 bits per heavy atom. The number of aryl methyl sites for hydroxylation is 2. The molecule has 1 aromatic carbocycles. The summed E-state index contributed by atoms with van der Waals surface area (Å²) in [5.41, 5.74) is 2.94. The van der Waals surface area contributed by atoms with Crippen LogP contribution in [0.15, 0.2) is 36.5 Å². The van der Waals surface area contributed by atoms with Crippen LogP contribution in [0.1, 0.15) is 28.7 Å². The van der Waals surface area contributed by atoms with E-state index in [0.29, 0.717) is 29.1 Å². The fourth-order valence-electron chi connectivity index (χ4n) is 2.59. The molecule has 0 spiro atoms. The number of aromatic nitrogens is 2. The molecule has 0 fully saturated rings. The number of carbonyl (C=O) groups excluding carboxylic acids is 1. The number of imidazole rings is 1. The first-order valence-corrected chi connectivity index (χ1v) is 8.01. The lowest BCUT2D eigenvalue weighted by molar-refractivity contribution is -0.384. The molecule has 25 heavy (non-hydrogen) atoms. The molecule has 0 saturated carbocycles. The second kappa shape index (κ2) is 6.52. The van der Waals surface area contributed by atoms with Crippen molar-refractivity contribution in [3.8, 4) is 0 Å². The van der Waals surface area contributed by atoms with Crippen molar-refractivity contribution in [3.63, 3.8) is 0 Å². The van der Waals surface area contributed by atoms with Crippen LogP contribution in [0, 0.1) is 17.0 Å². The Labute approximate surface area is 148 Å². The molecule has 0 bridgehead atoms. The average molecular weight is 359 g/mol. The number of halogens is 1. The summed E-state index contributed by atoms with van der Waals surface area (Å²) in [7, 11) is 0. The Kier molecular flexibility index (Phi) is 4.41. The first kappa shape index (κ1) is 16.9. The van der Waals surface area contributed by atoms with E-state index in [1.54, 1.807) is 4.40 Å². The molecule has 0 atom stereocenters. The van der Waals surface area contributed by atoms with Gasteiger partial charge >= 0.3 is 0 Å². The standard InChI is InChI=1S/C17H15ClN4O3/c1-3-13-16(21-9-10(2)4-7-15(21)19-13)17(23)20-14-6-5-11(22(24)25)8-12(14)18/h4-9H,3H2,1-2H3,(H,20,23). The van der Waals surface area contributed by atoms with Crippen molar-refractivity contribution in [1.82, 2.24) is 9.38 Å². The predicted octanol–water partition coefficient (Wildman–Crippen LogP) is 4.02. The fraction of sp³-hybridized carbons (Fsp3) is 0.176. The number of fused-ring (bicyclic) bond motifs is 1. The molecule has 0 radical (unpaired) electrons. The van der Waals surface area contributed by atoms with Gasteiger partial charge in [-0.3, -0.25) is 19.3 Å². The van der Waals surface area contributed by atoms with Gasteiger partial charge in [0.05, 0.1) is 21.3 Å². The highest BCUT2D eigenvalue weighted by Crippen LogP contribution is 2.27. The monoisotopic (exact) mass is 358 g/mol. The number of nitro groups is 1. The molecule has 0 aliphatic heterocycles. The lowest BCUT2D eigenvalue weighted by Gasteiger charge is -2.08. The lowest BCUT2D eigenvalue weighted by atomic mass is 10.2. The second-order valence-electron chi connectivity index (χ2n) is 5.57. The number of pyridine rings is 1. The van der Waals surface area contributed by atoms with Crippen LogP contribution >= 0.6 is 11.6 Å². The smallest absolute Gasteiger partial charge is 0.274 e. The number of hydrogen-bond donors (Lipinski definition) is 1. The molecule has 0 unspecified atom stereocenters. The third-order valence-corrected chi connectivity index (χ3v) is 4.11. The van der Waals surface area contributed by atoms with Crippen LogP contribution in [0.2, 0.25) is 5.02 Å². The zero-order valence-electron chi connectivity index (χ0n) is 13.6. The summed E-state index contributed by atoms with van der Waals surface area (Å²) < 4.78 is 1.74. The molecule has 2 aromatic heterocycles. The lowest BCUT2D eigenvalue weighted by Crippen LogP contribution is -2.16. The Morgan fingerprint density at radius 2 is 2.12 bits per heavy atom. The molecule has 0 saturated heterocycles. The number of nitrogens with zero attached hydrogens (tertiary/aromatic N) is 3. The molecule has 8 heteroatoms. The van der Waals surface area contributed by atoms with Crippen LogP contribution in [0.3, 0.4) is 0 Å². The maximum Gasteiger partial charge on any atom is 0.274 e. The summed E-state index contributed by atoms with van der Waals surface area (Å²) in [4.78, 5) is 27.5. The van der Waals surface area contributed by atoms with Gasteiger partial charge in [0.25, 0.3) is 11.6 Å². The van der Waals surface area contributed by atoms with Gasteiger partial charge in [-0.2, -0.15) is 0 Å². The summed E-state index contributed by atoms with van der Waals surface area (Å²) in [6.45, 7) is 3.85. The van der Waals surface area contributed by atoms with Crippen LogP contribution in [-0.2, 0) is 6.42 Å². The number of nitrogens with one attached hydrogen (secondary N) is 1. The van der Waals surface area contributed by atoms with Crippen molar-refractivity contribution in [2.45, 2.75) is 20.3 Å². The van der Waals surface area contributed by atoms with Gasteiger partial charge in [-0.05, 0) is 31.0 Å². The van der Waals surface area contributed by atoms with E-state index in [-0.39, 0.29) is 16.6 Å². The van der Waals surface area contributed by atoms with E-state index in [1.807, 2.05) is 32.2 Å². The number of benzene rings is 1. The van der Waals surface area contributed by atoms with Crippen molar-refractivity contribution < 1.29 is 9.72 Å². The van der Waals surface area contributed by atoms with Gasteiger partial charge in [-0.1, -0.05) is 24.6 Å². The number of hydrogen-bond acceptors (Lipinski definition) is 4. The van der Waals surface area contributed by atoms with Crippen molar-refractivity contribution in [2.24, 2.45) is 0 Å². The van der Waals surface area contributed by atoms with E-state index in [0.717, 1.165) is 5.56 Å². The fourth-order valence-corrected chi connectivity index (χ4v) is 2.81. The molecule has 1 N–H and O–H groups in total. The number of rotatable bonds is 4. The summed E-state index contributed by atoms with van der Waals surface area (Å²) >= 11 is 6.05. The zero-order chi connectivity index (χ0) is 18.1. The molecular weight excluding hydrogens is 344 g/mol. The largest absolute Gasteiger partial charge is 0.319 e. The highest BCUT2D eigenvalue weighted by molar-refractivity contribution is 6.34. The summed E-state index contributed by atoms with van der Waals surface area (Å²) in [6, 6.07) is 7.69. The normalized spacial score (nSPS) is 10.8. The molecule has 3 rings (SSSR count). The van der Waals surface area contributed by atoms with Crippen LogP contribution in [-0.4, -0.2) is 20.2 Å². The van der Waals surface area contributed by atoms with E-state index in [4.69, 9.17) is 11.6 Å². The molecule has 0 aliphatic carbocycles. The minimum Gasteiger partial charge on any atom is -0.319 e. The Hall–Kier alpha value is -2.93. The molecular formula is C17H15ClN4O3. The van der Waals surface area contributed by atoms with Crippen molar-refractivity contribution in [1.29, 1.82) is 0 Å². The Balaban J connectivity index is 2.00. The highest BCUT2D eigenvalue weighted by Gasteiger charge is 2.20. The van der Waals surface area contributed by atoms with Gasteiger partial charge in [0.1, 0.15) is 11.3 Å². The van der Waals surface area contributed by atoms with E-state index >= 15 is 0 Å². The minimum absolute atomic E-state index is 0.102. The van der Waals surface area contributed by atoms with Gasteiger partial charge in [0, 0.05) is 18.3 Å². The Morgan fingerprint density at radius 1 is 1.36 bits per heavy atom. The van der Waals surface area contributed by atoms with Crippen molar-refractivity contribution in [2.75, 3.05) is 5.32 Å². The average Bonchev–Trinajstić information content (AvgIpc) is 2.94. The van der Waals surface area contributed by atoms with Crippen molar-refractivity contribution >= 4 is 34.5 Å². The number of non-ortho nitro benzene ring substituents is 1. The molecule has 0 aliphatic rings. The first-order chi connectivity index (χ1) is 11.9. The van der Waals surface area contributed by atoms with E-state index < -0.39 is 4.92 Å². The van der Waals surface area contributed by atoms with Gasteiger partial charge in [-0.25, -0.2) is 4.98 Å². The Bertz CT molecular complexity index is 997. The molecule has 128 valence electrons. The number of anilines is 1. The first-order valence-electron chi connectivity index (χ1n) is 7.63. The van der Waals surface area contributed by atoms with Gasteiger partial charge in [0.15, 0.2) is 0 Å². The topological polar surface area (TPSA) is 89.5 Å². The quantitative estimate of drug-likeness (QED) is 0.563. The number of amides is 1. The van der Waals surface area contributed by atoms with Crippen molar-refractivity contribution in [3.05, 3.63) is 68.6 Å². The van der Waals surface area contributed by atoms with Gasteiger partial charge in [0.2, 0.25) is 0 Å². The van der Waals surface area contributed by atoms with Crippen LogP contribution < -0.4 is 5.32 Å². The molecule has 7 nitrogen and oxygen atoms in total. The summed E-state index contributed by atoms with van der Waals surface area (Å²) in [5, 5.41) is 13.6. The zero-order valence-corrected chi connectivity index (χ0v) is 14.4. The van der Waals surface area contributed by atoms with Gasteiger partial charge < -0.3 is 5.32 Å². The SMILES string of the molecule is CCc1nc2ccc(C)cn2c1C(=O)Nc1ccc([N+](=O)[O-])cc1Cl. The maximum atomic E-state index is 12.8. The second-order valence-corrected chi connectivity index (χ2v) is 5.98. The number of carbonyl (C=O) groups is 1. The van der Waals surface area contributed by atoms with Crippen LogP contribution in [0.4, 0.5) is 11.4 Å². The minimum atomic E-state index is -0.542. The predicted molar refractivity (Wildman–Crippen MR) is 95.4 cm³/mol. The van der Waals surface area contributed by atoms with E-state index in [2.05, 4.69) is 10.3 Å². The third-order valence-electron chi connectivity index (χ3n) is 3.80. The summed E-state index contributed by atoms with van der Waals surface area (Å²) in [6.07, 6.45) is 2.44. The van der Waals surface area contributed by atoms with E-state index in [1.165, 1.54) is 18.2 Å². The molecule has 3 aromatic rings. The van der Waals surface area contributed by atoms with Crippen LogP contribution in [0.5, 0.6) is 0 Å². The number of nitro benzene ring substituents is 1.